The van der Waals surface area contributed by atoms with Gasteiger partial charge in [-0.2, -0.15) is 8.75 Å². The van der Waals surface area contributed by atoms with Gasteiger partial charge in [-0.1, -0.05) is 123 Å². The van der Waals surface area contributed by atoms with Crippen LogP contribution in [-0.2, 0) is 5.41 Å². The van der Waals surface area contributed by atoms with E-state index in [1.54, 1.807) is 0 Å². The predicted octanol–water partition coefficient (Wildman–Crippen LogP) is 12.1. The van der Waals surface area contributed by atoms with Gasteiger partial charge < -0.3 is 0 Å². The first-order valence-corrected chi connectivity index (χ1v) is 16.9. The molecule has 1 heterocycles. The van der Waals surface area contributed by atoms with Crippen LogP contribution in [0.15, 0.2) is 133 Å². The van der Waals surface area contributed by atoms with Gasteiger partial charge in [-0.05, 0) is 104 Å². The molecule has 7 aromatic carbocycles. The highest BCUT2D eigenvalue weighted by molar-refractivity contribution is 7.00. The van der Waals surface area contributed by atoms with Gasteiger partial charge in [0.05, 0.1) is 11.7 Å². The van der Waals surface area contributed by atoms with Crippen LogP contribution < -0.4 is 0 Å². The van der Waals surface area contributed by atoms with Crippen molar-refractivity contribution in [1.82, 2.24) is 8.75 Å². The Bertz CT molecular complexity index is 2460. The van der Waals surface area contributed by atoms with E-state index < -0.39 is 0 Å². The molecule has 0 amide bonds. The molecule has 0 aliphatic heterocycles. The van der Waals surface area contributed by atoms with Crippen LogP contribution in [0.4, 0.5) is 0 Å². The van der Waals surface area contributed by atoms with Crippen LogP contribution in [0.1, 0.15) is 37.8 Å². The lowest BCUT2D eigenvalue weighted by Gasteiger charge is -2.30. The second-order valence-corrected chi connectivity index (χ2v) is 13.1. The van der Waals surface area contributed by atoms with Crippen molar-refractivity contribution in [1.29, 1.82) is 0 Å². The van der Waals surface area contributed by atoms with Gasteiger partial charge in [-0.3, -0.25) is 0 Å². The monoisotopic (exact) mass is 608 g/mol. The minimum atomic E-state index is 0.0696. The van der Waals surface area contributed by atoms with Gasteiger partial charge in [0, 0.05) is 16.2 Å². The fourth-order valence-corrected chi connectivity index (χ4v) is 8.60. The van der Waals surface area contributed by atoms with Crippen LogP contribution in [0.3, 0.4) is 0 Å². The topological polar surface area (TPSA) is 25.8 Å². The highest BCUT2D eigenvalue weighted by atomic mass is 32.1. The van der Waals surface area contributed by atoms with Crippen LogP contribution in [0.2, 0.25) is 0 Å². The lowest BCUT2D eigenvalue weighted by Crippen LogP contribution is -2.23. The number of aromatic nitrogens is 2. The summed E-state index contributed by atoms with van der Waals surface area (Å²) in [4.78, 5) is 0. The summed E-state index contributed by atoms with van der Waals surface area (Å²) in [5.74, 6) is 0. The van der Waals surface area contributed by atoms with Crippen LogP contribution in [0.25, 0.3) is 77.1 Å². The average molecular weight is 609 g/mol. The predicted molar refractivity (Wildman–Crippen MR) is 196 cm³/mol. The van der Waals surface area contributed by atoms with E-state index in [4.69, 9.17) is 4.37 Å². The fraction of sp³-hybridized carbons (Fsp3) is 0.116. The van der Waals surface area contributed by atoms with Gasteiger partial charge in [0.1, 0.15) is 11.0 Å². The van der Waals surface area contributed by atoms with E-state index in [2.05, 4.69) is 152 Å². The number of hydrogen-bond donors (Lipinski definition) is 0. The Morgan fingerprint density at radius 2 is 0.957 bits per heavy atom. The zero-order valence-electron chi connectivity index (χ0n) is 25.9. The van der Waals surface area contributed by atoms with E-state index >= 15 is 0 Å². The third-order valence-electron chi connectivity index (χ3n) is 10.4. The van der Waals surface area contributed by atoms with Gasteiger partial charge in [0.2, 0.25) is 0 Å². The van der Waals surface area contributed by atoms with Gasteiger partial charge in [-0.15, -0.1) is 0 Å². The first-order chi connectivity index (χ1) is 22.7. The number of benzene rings is 7. The number of rotatable bonds is 5. The van der Waals surface area contributed by atoms with Crippen molar-refractivity contribution in [2.24, 2.45) is 0 Å². The van der Waals surface area contributed by atoms with Crippen molar-refractivity contribution < 1.29 is 0 Å². The Kier molecular flexibility index (Phi) is 6.19. The molecule has 1 aliphatic rings. The molecule has 0 saturated heterocycles. The summed E-state index contributed by atoms with van der Waals surface area (Å²) in [7, 11) is 0. The Balaban J connectivity index is 1.12. The van der Waals surface area contributed by atoms with Crippen LogP contribution >= 0.6 is 11.7 Å². The molecule has 0 unspecified atom stereocenters. The molecule has 0 fully saturated rings. The largest absolute Gasteiger partial charge is 0.172 e. The Labute approximate surface area is 273 Å². The lowest BCUT2D eigenvalue weighted by molar-refractivity contribution is 0.490. The number of nitrogens with zero attached hydrogens (tertiary/aromatic N) is 2. The van der Waals surface area contributed by atoms with Gasteiger partial charge >= 0.3 is 0 Å². The first-order valence-electron chi connectivity index (χ1n) is 16.2. The number of hydrogen-bond acceptors (Lipinski definition) is 3. The molecule has 2 nitrogen and oxygen atoms in total. The molecule has 0 atom stereocenters. The summed E-state index contributed by atoms with van der Waals surface area (Å²) in [5, 5.41) is 4.76. The summed E-state index contributed by atoms with van der Waals surface area (Å²) in [5.41, 5.74) is 15.1. The van der Waals surface area contributed by atoms with E-state index in [9.17, 15) is 0 Å². The Morgan fingerprint density at radius 3 is 1.65 bits per heavy atom. The molecular weight excluding hydrogens is 577 g/mol. The lowest BCUT2D eigenvalue weighted by atomic mass is 9.73. The van der Waals surface area contributed by atoms with E-state index in [0.717, 1.165) is 34.6 Å². The van der Waals surface area contributed by atoms with Crippen molar-refractivity contribution in [2.45, 2.75) is 32.1 Å². The maximum absolute atomic E-state index is 4.72. The van der Waals surface area contributed by atoms with Crippen LogP contribution in [0.5, 0.6) is 0 Å². The molecule has 1 aromatic heterocycles. The third-order valence-corrected chi connectivity index (χ3v) is 11.0. The summed E-state index contributed by atoms with van der Waals surface area (Å²) in [6.07, 6.45) is 2.19. The van der Waals surface area contributed by atoms with Crippen molar-refractivity contribution in [2.75, 3.05) is 0 Å². The molecule has 46 heavy (non-hydrogen) atoms. The maximum Gasteiger partial charge on any atom is 0.113 e. The molecule has 8 aromatic rings. The zero-order chi connectivity index (χ0) is 30.8. The van der Waals surface area contributed by atoms with E-state index in [-0.39, 0.29) is 5.41 Å². The van der Waals surface area contributed by atoms with Crippen molar-refractivity contribution >= 4 is 44.3 Å². The summed E-state index contributed by atoms with van der Waals surface area (Å²) >= 11 is 1.29. The molecule has 3 heteroatoms. The van der Waals surface area contributed by atoms with E-state index in [1.165, 1.54) is 78.1 Å². The molecule has 0 spiro atoms. The second-order valence-electron chi connectivity index (χ2n) is 12.5. The standard InChI is InChI=1S/C43H32N2S/c1-3-43(4-2)39-18-8-7-16-35(39)36-22-20-32(26-40(36)43)30-14-10-12-28(24-30)27-11-9-13-29(23-27)31-19-21-34-33-15-5-6-17-37(33)41-42(38(34)25-31)45-46-44-41/h5-26H,3-4H2,1-2H3. The molecular formula is C43H32N2S. The first kappa shape index (κ1) is 27.2. The SMILES string of the molecule is CCC1(CC)c2ccccc2-c2ccc(-c3cccc(-c4cccc(-c5ccc6c7ccccc7c7nsnc7c6c5)c4)c3)cc21. The van der Waals surface area contributed by atoms with Crippen LogP contribution in [0, 0.1) is 0 Å². The van der Waals surface area contributed by atoms with Crippen molar-refractivity contribution in [3.8, 4) is 44.5 Å². The Morgan fingerprint density at radius 1 is 0.435 bits per heavy atom. The zero-order valence-corrected chi connectivity index (χ0v) is 26.7. The minimum Gasteiger partial charge on any atom is -0.172 e. The second kappa shape index (κ2) is 10.5. The molecule has 1 aliphatic carbocycles. The van der Waals surface area contributed by atoms with E-state index in [1.807, 2.05) is 0 Å². The van der Waals surface area contributed by atoms with Crippen molar-refractivity contribution in [3.63, 3.8) is 0 Å². The third kappa shape index (κ3) is 3.95. The van der Waals surface area contributed by atoms with Gasteiger partial charge in [-0.25, -0.2) is 0 Å². The quantitative estimate of drug-likeness (QED) is 0.182. The van der Waals surface area contributed by atoms with Gasteiger partial charge in [0.25, 0.3) is 0 Å². The summed E-state index contributed by atoms with van der Waals surface area (Å²) in [6.45, 7) is 4.67. The molecule has 220 valence electrons. The van der Waals surface area contributed by atoms with E-state index in [0.29, 0.717) is 0 Å². The maximum atomic E-state index is 4.72. The average Bonchev–Trinajstić information content (AvgIpc) is 3.74. The normalized spacial score (nSPS) is 13.3. The van der Waals surface area contributed by atoms with Gasteiger partial charge in [0.15, 0.2) is 0 Å². The molecule has 0 radical (unpaired) electrons. The fourth-order valence-electron chi connectivity index (χ4n) is 8.02. The Hall–Kier alpha value is -5.12. The highest BCUT2D eigenvalue weighted by Gasteiger charge is 2.40. The molecule has 0 N–H and O–H groups in total. The highest BCUT2D eigenvalue weighted by Crippen LogP contribution is 2.53. The molecule has 0 saturated carbocycles. The molecule has 9 rings (SSSR count). The summed E-state index contributed by atoms with van der Waals surface area (Å²) < 4.78 is 9.38. The minimum absolute atomic E-state index is 0.0696. The van der Waals surface area contributed by atoms with Crippen LogP contribution in [-0.4, -0.2) is 8.75 Å². The smallest absolute Gasteiger partial charge is 0.113 e. The number of fused-ring (bicyclic) bond motifs is 9. The summed E-state index contributed by atoms with van der Waals surface area (Å²) in [6, 6.07) is 49.3. The van der Waals surface area contributed by atoms with Crippen molar-refractivity contribution in [3.05, 3.63) is 145 Å². The molecule has 0 bridgehead atoms.